The van der Waals surface area contributed by atoms with Crippen molar-refractivity contribution in [2.45, 2.75) is 33.6 Å². The third-order valence-corrected chi connectivity index (χ3v) is 5.08. The van der Waals surface area contributed by atoms with Crippen LogP contribution < -0.4 is 0 Å². The van der Waals surface area contributed by atoms with Crippen molar-refractivity contribution in [1.29, 1.82) is 0 Å². The number of rotatable bonds is 4. The predicted octanol–water partition coefficient (Wildman–Crippen LogP) is 4.32. The molecule has 5 heteroatoms. The van der Waals surface area contributed by atoms with Gasteiger partial charge in [0.25, 0.3) is 0 Å². The maximum Gasteiger partial charge on any atom is 0.157 e. The first-order chi connectivity index (χ1) is 13.2. The molecule has 0 atom stereocenters. The molecule has 146 valence electrons. The van der Waals surface area contributed by atoms with E-state index < -0.39 is 0 Å². The first-order valence-corrected chi connectivity index (χ1v) is 9.00. The summed E-state index contributed by atoms with van der Waals surface area (Å²) in [5, 5.41) is 49.4. The van der Waals surface area contributed by atoms with Gasteiger partial charge in [-0.25, -0.2) is 0 Å². The standard InChI is InChI=1S/C23H24O5/c1-12-5-19(24)21(26)10-16(12)7-15-4-14(3)23(28)18(8-15)9-17-11-22(27)20(25)6-13(17)2/h4-6,8,10-11,24-28H,7,9H2,1-3H3. The molecule has 0 saturated carbocycles. The van der Waals surface area contributed by atoms with Crippen LogP contribution in [0.25, 0.3) is 0 Å². The summed E-state index contributed by atoms with van der Waals surface area (Å²) in [6.45, 7) is 5.53. The Hall–Kier alpha value is -3.34. The highest BCUT2D eigenvalue weighted by Gasteiger charge is 2.13. The molecule has 0 saturated heterocycles. The molecule has 0 spiro atoms. The highest BCUT2D eigenvalue weighted by molar-refractivity contribution is 5.52. The monoisotopic (exact) mass is 380 g/mol. The zero-order valence-electron chi connectivity index (χ0n) is 16.1. The number of aryl methyl sites for hydroxylation is 3. The summed E-state index contributed by atoms with van der Waals surface area (Å²) >= 11 is 0. The van der Waals surface area contributed by atoms with Crippen molar-refractivity contribution in [3.63, 3.8) is 0 Å². The molecule has 0 aliphatic heterocycles. The van der Waals surface area contributed by atoms with Gasteiger partial charge in [-0.1, -0.05) is 12.1 Å². The third kappa shape index (κ3) is 3.83. The minimum absolute atomic E-state index is 0.147. The predicted molar refractivity (Wildman–Crippen MR) is 107 cm³/mol. The molecule has 0 unspecified atom stereocenters. The van der Waals surface area contributed by atoms with Crippen LogP contribution in [-0.2, 0) is 12.8 Å². The summed E-state index contributed by atoms with van der Waals surface area (Å²) in [5.74, 6) is -0.472. The smallest absolute Gasteiger partial charge is 0.157 e. The van der Waals surface area contributed by atoms with Crippen LogP contribution in [0.15, 0.2) is 36.4 Å². The van der Waals surface area contributed by atoms with Crippen molar-refractivity contribution in [2.75, 3.05) is 0 Å². The van der Waals surface area contributed by atoms with E-state index >= 15 is 0 Å². The van der Waals surface area contributed by atoms with E-state index in [4.69, 9.17) is 0 Å². The van der Waals surface area contributed by atoms with Gasteiger partial charge >= 0.3 is 0 Å². The molecule has 0 aliphatic rings. The highest BCUT2D eigenvalue weighted by Crippen LogP contribution is 2.34. The Morgan fingerprint density at radius 2 is 0.964 bits per heavy atom. The Kier molecular flexibility index (Phi) is 5.10. The van der Waals surface area contributed by atoms with Crippen molar-refractivity contribution in [3.05, 3.63) is 75.3 Å². The fraction of sp³-hybridized carbons (Fsp3) is 0.217. The van der Waals surface area contributed by atoms with Gasteiger partial charge in [0.05, 0.1) is 0 Å². The molecule has 3 aromatic rings. The van der Waals surface area contributed by atoms with Gasteiger partial charge < -0.3 is 25.5 Å². The van der Waals surface area contributed by atoms with Crippen LogP contribution in [-0.4, -0.2) is 25.5 Å². The van der Waals surface area contributed by atoms with E-state index in [1.807, 2.05) is 32.9 Å². The van der Waals surface area contributed by atoms with Crippen molar-refractivity contribution in [1.82, 2.24) is 0 Å². The molecule has 5 nitrogen and oxygen atoms in total. The van der Waals surface area contributed by atoms with Crippen LogP contribution in [0, 0.1) is 20.8 Å². The van der Waals surface area contributed by atoms with Crippen molar-refractivity contribution in [2.24, 2.45) is 0 Å². The Bertz CT molecular complexity index is 1050. The van der Waals surface area contributed by atoms with E-state index in [0.29, 0.717) is 18.4 Å². The van der Waals surface area contributed by atoms with Crippen molar-refractivity contribution < 1.29 is 25.5 Å². The second-order valence-corrected chi connectivity index (χ2v) is 7.31. The van der Waals surface area contributed by atoms with Gasteiger partial charge in [0.1, 0.15) is 5.75 Å². The normalized spacial score (nSPS) is 11.0. The SMILES string of the molecule is Cc1cc(O)c(O)cc1Cc1cc(C)c(O)c(Cc2cc(O)c(O)cc2C)c1. The van der Waals surface area contributed by atoms with Gasteiger partial charge in [0, 0.05) is 6.42 Å². The summed E-state index contributed by atoms with van der Waals surface area (Å²) in [5.41, 5.74) is 5.76. The lowest BCUT2D eigenvalue weighted by molar-refractivity contribution is 0.402. The second kappa shape index (κ2) is 7.35. The van der Waals surface area contributed by atoms with E-state index in [1.165, 1.54) is 18.2 Å². The Morgan fingerprint density at radius 3 is 1.50 bits per heavy atom. The molecule has 0 heterocycles. The minimum atomic E-state index is -0.192. The molecule has 0 bridgehead atoms. The van der Waals surface area contributed by atoms with Gasteiger partial charge in [-0.3, -0.25) is 0 Å². The summed E-state index contributed by atoms with van der Waals surface area (Å²) in [6, 6.07) is 9.88. The summed E-state index contributed by atoms with van der Waals surface area (Å²) in [6.07, 6.45) is 0.938. The lowest BCUT2D eigenvalue weighted by Gasteiger charge is -2.14. The maximum absolute atomic E-state index is 10.5. The minimum Gasteiger partial charge on any atom is -0.507 e. The quantitative estimate of drug-likeness (QED) is 0.434. The summed E-state index contributed by atoms with van der Waals surface area (Å²) in [7, 11) is 0. The number of aromatic hydroxyl groups is 5. The summed E-state index contributed by atoms with van der Waals surface area (Å²) < 4.78 is 0. The molecular formula is C23H24O5. The molecule has 3 aromatic carbocycles. The fourth-order valence-corrected chi connectivity index (χ4v) is 3.43. The van der Waals surface area contributed by atoms with Gasteiger partial charge in [0.15, 0.2) is 23.0 Å². The molecule has 0 aliphatic carbocycles. The molecule has 5 N–H and O–H groups in total. The molecular weight excluding hydrogens is 356 g/mol. The number of benzene rings is 3. The largest absolute Gasteiger partial charge is 0.507 e. The van der Waals surface area contributed by atoms with E-state index in [2.05, 4.69) is 0 Å². The van der Waals surface area contributed by atoms with Crippen LogP contribution in [0.3, 0.4) is 0 Å². The highest BCUT2D eigenvalue weighted by atomic mass is 16.3. The lowest BCUT2D eigenvalue weighted by atomic mass is 9.93. The Balaban J connectivity index is 1.98. The van der Waals surface area contributed by atoms with E-state index in [1.54, 1.807) is 6.07 Å². The zero-order chi connectivity index (χ0) is 20.6. The molecule has 0 radical (unpaired) electrons. The van der Waals surface area contributed by atoms with Crippen LogP contribution in [0.5, 0.6) is 28.7 Å². The topological polar surface area (TPSA) is 101 Å². The molecule has 0 aromatic heterocycles. The average Bonchev–Trinajstić information content (AvgIpc) is 2.61. The number of phenols is 5. The number of hydrogen-bond acceptors (Lipinski definition) is 5. The van der Waals surface area contributed by atoms with E-state index in [9.17, 15) is 25.5 Å². The Morgan fingerprint density at radius 1 is 0.500 bits per heavy atom. The third-order valence-electron chi connectivity index (χ3n) is 5.08. The zero-order valence-corrected chi connectivity index (χ0v) is 16.1. The van der Waals surface area contributed by atoms with Crippen LogP contribution >= 0.6 is 0 Å². The second-order valence-electron chi connectivity index (χ2n) is 7.31. The number of phenolic OH excluding ortho intramolecular Hbond substituents is 5. The molecule has 3 rings (SSSR count). The van der Waals surface area contributed by atoms with Crippen molar-refractivity contribution in [3.8, 4) is 28.7 Å². The first kappa shape index (κ1) is 19.4. The lowest BCUT2D eigenvalue weighted by Crippen LogP contribution is -1.98. The van der Waals surface area contributed by atoms with Gasteiger partial charge in [-0.15, -0.1) is 0 Å². The fourth-order valence-electron chi connectivity index (χ4n) is 3.43. The number of hydrogen-bond donors (Lipinski definition) is 5. The van der Waals surface area contributed by atoms with E-state index in [0.717, 1.165) is 33.4 Å². The Labute approximate surface area is 163 Å². The van der Waals surface area contributed by atoms with Gasteiger partial charge in [-0.2, -0.15) is 0 Å². The van der Waals surface area contributed by atoms with Crippen LogP contribution in [0.4, 0.5) is 0 Å². The molecule has 0 fully saturated rings. The maximum atomic E-state index is 10.5. The van der Waals surface area contributed by atoms with Gasteiger partial charge in [0.2, 0.25) is 0 Å². The molecule has 28 heavy (non-hydrogen) atoms. The van der Waals surface area contributed by atoms with Crippen LogP contribution in [0.1, 0.15) is 38.9 Å². The molecule has 0 amide bonds. The van der Waals surface area contributed by atoms with Crippen LogP contribution in [0.2, 0.25) is 0 Å². The van der Waals surface area contributed by atoms with E-state index in [-0.39, 0.29) is 28.7 Å². The average molecular weight is 380 g/mol. The first-order valence-electron chi connectivity index (χ1n) is 9.00. The van der Waals surface area contributed by atoms with Gasteiger partial charge in [-0.05, 0) is 90.4 Å². The summed E-state index contributed by atoms with van der Waals surface area (Å²) in [4.78, 5) is 0. The van der Waals surface area contributed by atoms with Crippen molar-refractivity contribution >= 4 is 0 Å².